The van der Waals surface area contributed by atoms with Crippen LogP contribution in [0.4, 0.5) is 0 Å². The molecule has 3 fully saturated rings. The second-order valence-corrected chi connectivity index (χ2v) is 18.9. The molecule has 14 heteroatoms. The van der Waals surface area contributed by atoms with Gasteiger partial charge in [0.2, 0.25) is 18.2 Å². The number of carbonyl (C=O) groups is 5. The summed E-state index contributed by atoms with van der Waals surface area (Å²) in [5, 5.41) is 9.43. The van der Waals surface area contributed by atoms with Gasteiger partial charge in [-0.05, 0) is 117 Å². The van der Waals surface area contributed by atoms with E-state index in [1.54, 1.807) is 12.1 Å². The van der Waals surface area contributed by atoms with E-state index in [1.165, 1.54) is 16.5 Å². The number of likely N-dealkylation sites (N-methyl/N-ethyl adjacent to an activating group) is 1. The van der Waals surface area contributed by atoms with Crippen molar-refractivity contribution in [2.75, 3.05) is 46.4 Å². The fourth-order valence-electron chi connectivity index (χ4n) is 9.75. The number of carbonyl (C=O) groups excluding carboxylic acids is 5. The molecule has 14 nitrogen and oxygen atoms in total. The Labute approximate surface area is 404 Å². The number of pyridine rings is 1. The molecule has 0 aliphatic carbocycles. The van der Waals surface area contributed by atoms with Crippen LogP contribution in [0.25, 0.3) is 33.3 Å². The molecule has 0 bridgehead atoms. The van der Waals surface area contributed by atoms with E-state index in [1.807, 2.05) is 57.0 Å². The summed E-state index contributed by atoms with van der Waals surface area (Å²) >= 11 is 0. The Kier molecular flexibility index (Phi) is 19.9. The number of aromatic nitrogens is 2. The van der Waals surface area contributed by atoms with Crippen molar-refractivity contribution in [3.8, 4) is 22.4 Å². The van der Waals surface area contributed by atoms with Crippen LogP contribution in [0.3, 0.4) is 0 Å². The summed E-state index contributed by atoms with van der Waals surface area (Å²) in [5.41, 5.74) is 11.4. The number of hydrogen-bond donors (Lipinski definition) is 3. The van der Waals surface area contributed by atoms with Gasteiger partial charge in [-0.1, -0.05) is 78.5 Å². The van der Waals surface area contributed by atoms with E-state index >= 15 is 0 Å². The first kappa shape index (κ1) is 53.1. The molecule has 68 heavy (non-hydrogen) atoms. The molecule has 3 saturated heterocycles. The lowest BCUT2D eigenvalue weighted by Gasteiger charge is -2.33. The molecule has 7 rings (SSSR count). The molecule has 3 aliphatic rings. The predicted octanol–water partition coefficient (Wildman–Crippen LogP) is 7.64. The third-order valence-electron chi connectivity index (χ3n) is 13.0. The summed E-state index contributed by atoms with van der Waals surface area (Å²) < 4.78 is 7.73. The number of fused-ring (bicyclic) bond motifs is 1. The Bertz CT molecular complexity index is 2320. The van der Waals surface area contributed by atoms with Gasteiger partial charge in [-0.25, -0.2) is 5.43 Å². The molecule has 3 atom stereocenters. The van der Waals surface area contributed by atoms with Gasteiger partial charge < -0.3 is 29.7 Å². The molecule has 0 spiro atoms. The Morgan fingerprint density at radius 3 is 2.34 bits per heavy atom. The van der Waals surface area contributed by atoms with Crippen LogP contribution >= 0.6 is 0 Å². The normalized spacial score (nSPS) is 16.8. The molecule has 5 heterocycles. The van der Waals surface area contributed by atoms with E-state index in [9.17, 15) is 24.0 Å². The quantitative estimate of drug-likeness (QED) is 0.0674. The number of ether oxygens (including phenoxy) is 1. The minimum atomic E-state index is -0.839. The van der Waals surface area contributed by atoms with E-state index in [4.69, 9.17) is 9.72 Å². The van der Waals surface area contributed by atoms with Gasteiger partial charge >= 0.3 is 0 Å². The first-order valence-corrected chi connectivity index (χ1v) is 24.7. The van der Waals surface area contributed by atoms with E-state index in [0.717, 1.165) is 109 Å². The number of nitrogens with zero attached hydrogens (tertiary/aromatic N) is 5. The van der Waals surface area contributed by atoms with Gasteiger partial charge in [-0.15, -0.1) is 0 Å². The van der Waals surface area contributed by atoms with Crippen LogP contribution in [0.15, 0.2) is 73.4 Å². The number of hydrazine groups is 1. The highest BCUT2D eigenvalue weighted by molar-refractivity contribution is 5.95. The highest BCUT2D eigenvalue weighted by atomic mass is 16.5. The Morgan fingerprint density at radius 1 is 0.971 bits per heavy atom. The standard InChI is InChI=1S/C45H59N7O5.C7H11NO.C2H6/c1-7-51-39-18-17-33(25-35(39)36(26-45(4,5)27-57-29-54)42(51)34-15-11-20-47-40(34)37-16-12-19-46-37)32-14-10-13-31(23-32)24-38(44(56)52-22-9-8-21-48-52)49-43(55)41(30(2)3)50(6)28-53;1-2-7(9)8-5-3-4-6-8;1-2/h10-11,13-15,17-18,20,23,25,28-30,37-38,41,46,48H,7-9,12,16,19,21-22,24,26-27H2,1-6H3,(H,49,55);2H,1,3-6H2;1-2H3. The van der Waals surface area contributed by atoms with Gasteiger partial charge in [-0.2, -0.15) is 0 Å². The summed E-state index contributed by atoms with van der Waals surface area (Å²) in [4.78, 5) is 69.7. The van der Waals surface area contributed by atoms with Gasteiger partial charge in [0, 0.05) is 74.3 Å². The van der Waals surface area contributed by atoms with Gasteiger partial charge in [0.1, 0.15) is 12.1 Å². The van der Waals surface area contributed by atoms with Crippen LogP contribution < -0.4 is 16.1 Å². The van der Waals surface area contributed by atoms with Crippen LogP contribution in [0.2, 0.25) is 0 Å². The number of benzene rings is 2. The zero-order valence-corrected chi connectivity index (χ0v) is 41.8. The van der Waals surface area contributed by atoms with Gasteiger partial charge in [0.25, 0.3) is 12.4 Å². The maximum Gasteiger partial charge on any atom is 0.293 e. The second-order valence-electron chi connectivity index (χ2n) is 18.9. The monoisotopic (exact) mass is 933 g/mol. The summed E-state index contributed by atoms with van der Waals surface area (Å²) in [7, 11) is 1.59. The average molecular weight is 933 g/mol. The number of aryl methyl sites for hydroxylation is 1. The molecule has 3 unspecified atom stereocenters. The highest BCUT2D eigenvalue weighted by Crippen LogP contribution is 2.42. The van der Waals surface area contributed by atoms with Crippen molar-refractivity contribution < 1.29 is 28.7 Å². The number of hydrogen-bond acceptors (Lipinski definition) is 9. The van der Waals surface area contributed by atoms with Crippen LogP contribution in [0.1, 0.15) is 110 Å². The number of likely N-dealkylation sites (tertiary alicyclic amines) is 1. The fourth-order valence-corrected chi connectivity index (χ4v) is 9.75. The molecular weight excluding hydrogens is 857 g/mol. The lowest BCUT2D eigenvalue weighted by molar-refractivity contribution is -0.142. The Balaban J connectivity index is 0.000000696. The van der Waals surface area contributed by atoms with Crippen molar-refractivity contribution in [3.63, 3.8) is 0 Å². The van der Waals surface area contributed by atoms with Gasteiger partial charge in [-0.3, -0.25) is 34.0 Å². The van der Waals surface area contributed by atoms with E-state index in [2.05, 4.69) is 84.4 Å². The summed E-state index contributed by atoms with van der Waals surface area (Å²) in [6.45, 7) is 23.2. The molecule has 2 aromatic carbocycles. The van der Waals surface area contributed by atoms with E-state index < -0.39 is 12.1 Å². The molecule has 0 saturated carbocycles. The summed E-state index contributed by atoms with van der Waals surface area (Å²) in [5.74, 6) is -0.634. The molecule has 3 aliphatic heterocycles. The topological polar surface area (TPSA) is 158 Å². The van der Waals surface area contributed by atoms with E-state index in [0.29, 0.717) is 32.4 Å². The lowest BCUT2D eigenvalue weighted by atomic mass is 9.84. The molecule has 2 aromatic heterocycles. The third-order valence-corrected chi connectivity index (χ3v) is 13.0. The SMILES string of the molecule is C=CC(=O)N1CCCC1.CC.CCn1c(-c2cccnc2C2CCCN2)c(CC(C)(C)COC=O)c2cc(-c3cccc(CC(NC(=O)C(C(C)C)N(C)C=O)C(=O)N4CCCCN4)c3)ccc21. The lowest BCUT2D eigenvalue weighted by Crippen LogP contribution is -2.58. The number of rotatable bonds is 18. The minimum Gasteiger partial charge on any atom is -0.467 e. The van der Waals surface area contributed by atoms with Crippen molar-refractivity contribution >= 4 is 41.5 Å². The first-order chi connectivity index (χ1) is 32.8. The smallest absolute Gasteiger partial charge is 0.293 e. The maximum absolute atomic E-state index is 14.0. The second kappa shape index (κ2) is 25.5. The van der Waals surface area contributed by atoms with Crippen molar-refractivity contribution in [1.29, 1.82) is 0 Å². The van der Waals surface area contributed by atoms with Crippen LogP contribution in [-0.2, 0) is 48.1 Å². The zero-order chi connectivity index (χ0) is 49.4. The molecule has 0 radical (unpaired) electrons. The Morgan fingerprint density at radius 2 is 1.71 bits per heavy atom. The van der Waals surface area contributed by atoms with Crippen molar-refractivity contribution in [1.82, 2.24) is 40.4 Å². The van der Waals surface area contributed by atoms with Crippen molar-refractivity contribution in [2.45, 2.75) is 125 Å². The maximum atomic E-state index is 14.0. The van der Waals surface area contributed by atoms with Crippen LogP contribution in [0.5, 0.6) is 0 Å². The number of amides is 4. The predicted molar refractivity (Wildman–Crippen MR) is 270 cm³/mol. The molecule has 368 valence electrons. The van der Waals surface area contributed by atoms with Crippen molar-refractivity contribution in [3.05, 3.63) is 90.3 Å². The highest BCUT2D eigenvalue weighted by Gasteiger charge is 2.34. The molecular formula is C54H76N8O6. The van der Waals surface area contributed by atoms with Gasteiger partial charge in [0.15, 0.2) is 0 Å². The van der Waals surface area contributed by atoms with Gasteiger partial charge in [0.05, 0.1) is 24.0 Å². The van der Waals surface area contributed by atoms with Crippen molar-refractivity contribution in [2.24, 2.45) is 11.3 Å². The summed E-state index contributed by atoms with van der Waals surface area (Å²) in [6.07, 6.45) is 11.2. The minimum absolute atomic E-state index is 0.0764. The van der Waals surface area contributed by atoms with Crippen LogP contribution in [0, 0.1) is 11.3 Å². The zero-order valence-electron chi connectivity index (χ0n) is 41.8. The number of nitrogens with one attached hydrogen (secondary N) is 3. The Hall–Kier alpha value is -5.86. The third kappa shape index (κ3) is 13.2. The van der Waals surface area contributed by atoms with E-state index in [-0.39, 0.29) is 48.1 Å². The average Bonchev–Trinajstić information content (AvgIpc) is 4.16. The van der Waals surface area contributed by atoms with Crippen LogP contribution in [-0.4, -0.2) is 113 Å². The molecule has 4 amide bonds. The summed E-state index contributed by atoms with van der Waals surface area (Å²) in [6, 6.07) is 17.6. The molecule has 4 aromatic rings. The fraction of sp³-hybridized carbons (Fsp3) is 0.519. The first-order valence-electron chi connectivity index (χ1n) is 24.7. The largest absolute Gasteiger partial charge is 0.467 e. The molecule has 3 N–H and O–H groups in total.